The average Bonchev–Trinajstić information content (AvgIpc) is 2.82. The molecule has 0 aliphatic heterocycles. The molecular weight excluding hydrogens is 194 g/mol. The van der Waals surface area contributed by atoms with Crippen LogP contribution in [0.2, 0.25) is 0 Å². The van der Waals surface area contributed by atoms with Crippen molar-refractivity contribution in [2.45, 2.75) is 25.7 Å². The predicted octanol–water partition coefficient (Wildman–Crippen LogP) is 2.38. The molecule has 0 radical (unpaired) electrons. The summed E-state index contributed by atoms with van der Waals surface area (Å²) in [6.45, 7) is 2.89. The third-order valence-corrected chi connectivity index (χ3v) is 3.59. The predicted molar refractivity (Wildman–Crippen MR) is 58.5 cm³/mol. The first-order chi connectivity index (χ1) is 6.83. The largest absolute Gasteiger partial charge is 0.356 e. The minimum atomic E-state index is 0.241. The molecule has 1 saturated carbocycles. The second kappa shape index (κ2) is 4.13. The van der Waals surface area contributed by atoms with Crippen molar-refractivity contribution in [1.82, 2.24) is 5.32 Å². The second-order valence-electron chi connectivity index (χ2n) is 3.76. The van der Waals surface area contributed by atoms with Gasteiger partial charge in [0, 0.05) is 23.3 Å². The van der Waals surface area contributed by atoms with Gasteiger partial charge in [-0.1, -0.05) is 13.0 Å². The molecule has 1 aromatic rings. The zero-order chi connectivity index (χ0) is 9.97. The number of hydrogen-bond acceptors (Lipinski definition) is 2. The van der Waals surface area contributed by atoms with Crippen LogP contribution >= 0.6 is 11.3 Å². The van der Waals surface area contributed by atoms with Crippen LogP contribution in [0.15, 0.2) is 17.5 Å². The SMILES string of the molecule is CCCNC(=O)C1CC1c1cccs1. The van der Waals surface area contributed by atoms with E-state index >= 15 is 0 Å². The van der Waals surface area contributed by atoms with Crippen LogP contribution in [0.25, 0.3) is 0 Å². The number of amides is 1. The Hall–Kier alpha value is -0.830. The molecule has 1 aliphatic carbocycles. The van der Waals surface area contributed by atoms with Gasteiger partial charge in [0.25, 0.3) is 0 Å². The van der Waals surface area contributed by atoms with Gasteiger partial charge in [-0.15, -0.1) is 11.3 Å². The number of hydrogen-bond donors (Lipinski definition) is 1. The van der Waals surface area contributed by atoms with E-state index in [0.29, 0.717) is 5.92 Å². The van der Waals surface area contributed by atoms with E-state index in [-0.39, 0.29) is 11.8 Å². The summed E-state index contributed by atoms with van der Waals surface area (Å²) in [6, 6.07) is 4.18. The van der Waals surface area contributed by atoms with E-state index in [1.807, 2.05) is 0 Å². The van der Waals surface area contributed by atoms with E-state index in [4.69, 9.17) is 0 Å². The van der Waals surface area contributed by atoms with Crippen LogP contribution in [0.5, 0.6) is 0 Å². The van der Waals surface area contributed by atoms with Gasteiger partial charge in [0.05, 0.1) is 0 Å². The fourth-order valence-corrected chi connectivity index (χ4v) is 2.59. The number of thiophene rings is 1. The van der Waals surface area contributed by atoms with Gasteiger partial charge < -0.3 is 5.32 Å². The molecule has 1 aliphatic rings. The van der Waals surface area contributed by atoms with Crippen molar-refractivity contribution in [2.75, 3.05) is 6.54 Å². The standard InChI is InChI=1S/C11H15NOS/c1-2-5-12-11(13)9-7-8(9)10-4-3-6-14-10/h3-4,6,8-9H,2,5,7H2,1H3,(H,12,13). The topological polar surface area (TPSA) is 29.1 Å². The molecule has 1 fully saturated rings. The summed E-state index contributed by atoms with van der Waals surface area (Å²) in [7, 11) is 0. The number of rotatable bonds is 4. The molecule has 76 valence electrons. The molecule has 1 aromatic heterocycles. The van der Waals surface area contributed by atoms with Crippen LogP contribution in [-0.4, -0.2) is 12.5 Å². The average molecular weight is 209 g/mol. The van der Waals surface area contributed by atoms with Gasteiger partial charge >= 0.3 is 0 Å². The molecule has 2 nitrogen and oxygen atoms in total. The summed E-state index contributed by atoms with van der Waals surface area (Å²) in [5.74, 6) is 0.998. The van der Waals surface area contributed by atoms with Crippen molar-refractivity contribution < 1.29 is 4.79 Å². The highest BCUT2D eigenvalue weighted by Crippen LogP contribution is 2.49. The highest BCUT2D eigenvalue weighted by molar-refractivity contribution is 7.10. The van der Waals surface area contributed by atoms with Crippen molar-refractivity contribution in [3.63, 3.8) is 0 Å². The van der Waals surface area contributed by atoms with E-state index < -0.39 is 0 Å². The minimum Gasteiger partial charge on any atom is -0.356 e. The smallest absolute Gasteiger partial charge is 0.223 e. The first-order valence-electron chi connectivity index (χ1n) is 5.14. The lowest BCUT2D eigenvalue weighted by molar-refractivity contribution is -0.122. The Morgan fingerprint density at radius 2 is 2.57 bits per heavy atom. The Morgan fingerprint density at radius 3 is 3.21 bits per heavy atom. The van der Waals surface area contributed by atoms with Gasteiger partial charge in [-0.25, -0.2) is 0 Å². The molecule has 2 rings (SSSR count). The van der Waals surface area contributed by atoms with Gasteiger partial charge in [0.1, 0.15) is 0 Å². The fraction of sp³-hybridized carbons (Fsp3) is 0.545. The number of carbonyl (C=O) groups excluding carboxylic acids is 1. The normalized spacial score (nSPS) is 24.6. The van der Waals surface area contributed by atoms with E-state index in [1.165, 1.54) is 4.88 Å². The maximum Gasteiger partial charge on any atom is 0.223 e. The van der Waals surface area contributed by atoms with Crippen LogP contribution in [0.4, 0.5) is 0 Å². The van der Waals surface area contributed by atoms with Crippen LogP contribution in [0.1, 0.15) is 30.6 Å². The molecule has 3 heteroatoms. The molecule has 1 heterocycles. The lowest BCUT2D eigenvalue weighted by Crippen LogP contribution is -2.25. The van der Waals surface area contributed by atoms with Gasteiger partial charge in [0.2, 0.25) is 5.91 Å². The van der Waals surface area contributed by atoms with Crippen molar-refractivity contribution in [2.24, 2.45) is 5.92 Å². The van der Waals surface area contributed by atoms with Crippen molar-refractivity contribution in [3.05, 3.63) is 22.4 Å². The fourth-order valence-electron chi connectivity index (χ4n) is 1.68. The van der Waals surface area contributed by atoms with Crippen molar-refractivity contribution >= 4 is 17.2 Å². The third-order valence-electron chi connectivity index (χ3n) is 2.59. The monoisotopic (exact) mass is 209 g/mol. The molecule has 1 amide bonds. The Bertz CT molecular complexity index is 307. The van der Waals surface area contributed by atoms with Gasteiger partial charge in [0.15, 0.2) is 0 Å². The Kier molecular flexibility index (Phi) is 2.87. The Labute approximate surface area is 88.3 Å². The highest BCUT2D eigenvalue weighted by Gasteiger charge is 2.44. The van der Waals surface area contributed by atoms with E-state index in [0.717, 1.165) is 19.4 Å². The summed E-state index contributed by atoms with van der Waals surface area (Å²) in [5.41, 5.74) is 0. The summed E-state index contributed by atoms with van der Waals surface area (Å²) in [4.78, 5) is 12.9. The van der Waals surface area contributed by atoms with Gasteiger partial charge in [-0.05, 0) is 24.3 Å². The molecule has 2 unspecified atom stereocenters. The zero-order valence-electron chi connectivity index (χ0n) is 8.32. The molecule has 0 spiro atoms. The first kappa shape index (κ1) is 9.71. The highest BCUT2D eigenvalue weighted by atomic mass is 32.1. The summed E-state index contributed by atoms with van der Waals surface area (Å²) in [6.07, 6.45) is 2.05. The van der Waals surface area contributed by atoms with E-state index in [9.17, 15) is 4.79 Å². The molecule has 14 heavy (non-hydrogen) atoms. The summed E-state index contributed by atoms with van der Waals surface area (Å²) in [5, 5.41) is 5.03. The lowest BCUT2D eigenvalue weighted by atomic mass is 10.2. The molecule has 0 saturated heterocycles. The zero-order valence-corrected chi connectivity index (χ0v) is 9.14. The van der Waals surface area contributed by atoms with Crippen LogP contribution in [0.3, 0.4) is 0 Å². The molecule has 1 N–H and O–H groups in total. The Balaban J connectivity index is 1.84. The molecule has 2 atom stereocenters. The van der Waals surface area contributed by atoms with Gasteiger partial charge in [-0.2, -0.15) is 0 Å². The molecular formula is C11H15NOS. The molecule has 0 bridgehead atoms. The molecule has 0 aromatic carbocycles. The third kappa shape index (κ3) is 1.98. The number of carbonyl (C=O) groups is 1. The van der Waals surface area contributed by atoms with Crippen LogP contribution in [0, 0.1) is 5.92 Å². The van der Waals surface area contributed by atoms with Crippen LogP contribution in [-0.2, 0) is 4.79 Å². The summed E-state index contributed by atoms with van der Waals surface area (Å²) >= 11 is 1.76. The first-order valence-corrected chi connectivity index (χ1v) is 6.02. The maximum absolute atomic E-state index is 11.6. The minimum absolute atomic E-state index is 0.241. The van der Waals surface area contributed by atoms with Gasteiger partial charge in [-0.3, -0.25) is 4.79 Å². The van der Waals surface area contributed by atoms with E-state index in [2.05, 4.69) is 29.8 Å². The second-order valence-corrected chi connectivity index (χ2v) is 4.73. The Morgan fingerprint density at radius 1 is 1.71 bits per heavy atom. The van der Waals surface area contributed by atoms with Crippen molar-refractivity contribution in [3.8, 4) is 0 Å². The van der Waals surface area contributed by atoms with Crippen LogP contribution < -0.4 is 5.32 Å². The maximum atomic E-state index is 11.6. The number of nitrogens with one attached hydrogen (secondary N) is 1. The van der Waals surface area contributed by atoms with E-state index in [1.54, 1.807) is 11.3 Å². The van der Waals surface area contributed by atoms with Crippen molar-refractivity contribution in [1.29, 1.82) is 0 Å². The lowest BCUT2D eigenvalue weighted by Gasteiger charge is -2.01. The summed E-state index contributed by atoms with van der Waals surface area (Å²) < 4.78 is 0. The quantitative estimate of drug-likeness (QED) is 0.810.